The van der Waals surface area contributed by atoms with Crippen LogP contribution in [0.15, 0.2) is 24.3 Å². The van der Waals surface area contributed by atoms with Crippen molar-refractivity contribution in [2.45, 2.75) is 50.7 Å². The SMILES string of the molecule is Cc1ccccc1CC1(NC(=O)COCC2CCCO2)CC1. The number of rotatable bonds is 7. The van der Waals surface area contributed by atoms with Gasteiger partial charge in [-0.15, -0.1) is 0 Å². The highest BCUT2D eigenvalue weighted by molar-refractivity contribution is 5.78. The second-order valence-electron chi connectivity index (χ2n) is 6.58. The van der Waals surface area contributed by atoms with Crippen molar-refractivity contribution in [3.63, 3.8) is 0 Å². The Labute approximate surface area is 132 Å². The number of hydrogen-bond acceptors (Lipinski definition) is 3. The van der Waals surface area contributed by atoms with Crippen molar-refractivity contribution in [1.82, 2.24) is 5.32 Å². The third kappa shape index (κ3) is 4.08. The fourth-order valence-electron chi connectivity index (χ4n) is 3.06. The minimum absolute atomic E-state index is 0.0101. The maximum atomic E-state index is 12.1. The summed E-state index contributed by atoms with van der Waals surface area (Å²) >= 11 is 0. The van der Waals surface area contributed by atoms with Gasteiger partial charge in [-0.3, -0.25) is 4.79 Å². The Morgan fingerprint density at radius 3 is 2.91 bits per heavy atom. The van der Waals surface area contributed by atoms with Crippen LogP contribution in [0.3, 0.4) is 0 Å². The molecule has 0 bridgehead atoms. The Bertz CT molecular complexity index is 519. The molecule has 1 N–H and O–H groups in total. The molecule has 1 saturated carbocycles. The van der Waals surface area contributed by atoms with Crippen LogP contribution in [0, 0.1) is 6.92 Å². The Hall–Kier alpha value is -1.39. The van der Waals surface area contributed by atoms with Crippen molar-refractivity contribution in [2.24, 2.45) is 0 Å². The number of nitrogens with one attached hydrogen (secondary N) is 1. The molecule has 1 heterocycles. The lowest BCUT2D eigenvalue weighted by Gasteiger charge is -2.19. The average Bonchev–Trinajstić information content (AvgIpc) is 3.03. The lowest BCUT2D eigenvalue weighted by molar-refractivity contribution is -0.127. The van der Waals surface area contributed by atoms with E-state index in [9.17, 15) is 4.79 Å². The number of aryl methyl sites for hydroxylation is 1. The maximum absolute atomic E-state index is 12.1. The van der Waals surface area contributed by atoms with E-state index in [-0.39, 0.29) is 24.2 Å². The molecule has 1 aromatic carbocycles. The molecule has 1 saturated heterocycles. The molecule has 1 aliphatic heterocycles. The van der Waals surface area contributed by atoms with E-state index < -0.39 is 0 Å². The molecule has 1 aromatic rings. The summed E-state index contributed by atoms with van der Waals surface area (Å²) in [5.41, 5.74) is 2.56. The molecule has 2 fully saturated rings. The Morgan fingerprint density at radius 1 is 1.41 bits per heavy atom. The van der Waals surface area contributed by atoms with Crippen LogP contribution in [0.5, 0.6) is 0 Å². The van der Waals surface area contributed by atoms with Gasteiger partial charge in [-0.25, -0.2) is 0 Å². The second kappa shape index (κ2) is 6.80. The number of carbonyl (C=O) groups excluding carboxylic acids is 1. The van der Waals surface area contributed by atoms with Gasteiger partial charge in [0.05, 0.1) is 12.7 Å². The Balaban J connectivity index is 1.43. The first kappa shape index (κ1) is 15.5. The molecule has 0 radical (unpaired) electrons. The molecule has 22 heavy (non-hydrogen) atoms. The highest BCUT2D eigenvalue weighted by atomic mass is 16.5. The summed E-state index contributed by atoms with van der Waals surface area (Å²) in [5, 5.41) is 3.16. The standard InChI is InChI=1S/C18H25NO3/c1-14-5-2-3-6-15(14)11-18(8-9-18)19-17(20)13-21-12-16-7-4-10-22-16/h2-3,5-6,16H,4,7-13H2,1H3,(H,19,20). The van der Waals surface area contributed by atoms with Gasteiger partial charge >= 0.3 is 0 Å². The number of benzene rings is 1. The van der Waals surface area contributed by atoms with E-state index in [4.69, 9.17) is 9.47 Å². The van der Waals surface area contributed by atoms with E-state index >= 15 is 0 Å². The zero-order valence-corrected chi connectivity index (χ0v) is 13.3. The molecule has 0 spiro atoms. The van der Waals surface area contributed by atoms with E-state index in [1.54, 1.807) is 0 Å². The van der Waals surface area contributed by atoms with Crippen molar-refractivity contribution in [3.8, 4) is 0 Å². The lowest BCUT2D eigenvalue weighted by atomic mass is 9.99. The molecule has 0 aromatic heterocycles. The first-order valence-corrected chi connectivity index (χ1v) is 8.22. The monoisotopic (exact) mass is 303 g/mol. The number of hydrogen-bond donors (Lipinski definition) is 1. The molecule has 1 atom stereocenters. The molecular formula is C18H25NO3. The summed E-state index contributed by atoms with van der Waals surface area (Å²) in [6, 6.07) is 8.38. The largest absolute Gasteiger partial charge is 0.376 e. The van der Waals surface area contributed by atoms with E-state index in [2.05, 4.69) is 36.5 Å². The van der Waals surface area contributed by atoms with E-state index in [1.165, 1.54) is 11.1 Å². The van der Waals surface area contributed by atoms with Crippen molar-refractivity contribution in [2.75, 3.05) is 19.8 Å². The minimum atomic E-state index is -0.0452. The van der Waals surface area contributed by atoms with Crippen LogP contribution in [-0.2, 0) is 20.7 Å². The van der Waals surface area contributed by atoms with Gasteiger partial charge in [-0.05, 0) is 50.2 Å². The van der Waals surface area contributed by atoms with Gasteiger partial charge in [0.2, 0.25) is 5.91 Å². The van der Waals surface area contributed by atoms with Gasteiger partial charge in [0.15, 0.2) is 0 Å². The molecule has 4 nitrogen and oxygen atoms in total. The molecule has 1 aliphatic carbocycles. The predicted molar refractivity (Wildman–Crippen MR) is 84.8 cm³/mol. The average molecular weight is 303 g/mol. The first-order valence-electron chi connectivity index (χ1n) is 8.22. The molecule has 1 amide bonds. The maximum Gasteiger partial charge on any atom is 0.246 e. The van der Waals surface area contributed by atoms with Gasteiger partial charge in [0, 0.05) is 12.1 Å². The normalized spacial score (nSPS) is 22.5. The highest BCUT2D eigenvalue weighted by Crippen LogP contribution is 2.39. The van der Waals surface area contributed by atoms with Gasteiger partial charge in [-0.1, -0.05) is 24.3 Å². The molecule has 3 rings (SSSR count). The van der Waals surface area contributed by atoms with Crippen molar-refractivity contribution >= 4 is 5.91 Å². The fourth-order valence-corrected chi connectivity index (χ4v) is 3.06. The summed E-state index contributed by atoms with van der Waals surface area (Å²) in [7, 11) is 0. The van der Waals surface area contributed by atoms with Crippen LogP contribution in [0.4, 0.5) is 0 Å². The molecule has 2 aliphatic rings. The van der Waals surface area contributed by atoms with Crippen LogP contribution in [0.1, 0.15) is 36.8 Å². The summed E-state index contributed by atoms with van der Waals surface area (Å²) in [4.78, 5) is 12.1. The quantitative estimate of drug-likeness (QED) is 0.841. The molecular weight excluding hydrogens is 278 g/mol. The zero-order chi connectivity index (χ0) is 15.4. The van der Waals surface area contributed by atoms with Gasteiger partial charge in [-0.2, -0.15) is 0 Å². The Morgan fingerprint density at radius 2 is 2.23 bits per heavy atom. The van der Waals surface area contributed by atoms with Crippen molar-refractivity contribution in [1.29, 1.82) is 0 Å². The smallest absolute Gasteiger partial charge is 0.246 e. The van der Waals surface area contributed by atoms with E-state index in [0.717, 1.165) is 38.7 Å². The second-order valence-corrected chi connectivity index (χ2v) is 6.58. The number of carbonyl (C=O) groups is 1. The van der Waals surface area contributed by atoms with Gasteiger partial charge in [0.1, 0.15) is 6.61 Å². The molecule has 1 unspecified atom stereocenters. The number of ether oxygens (including phenoxy) is 2. The summed E-state index contributed by atoms with van der Waals surface area (Å²) in [6.07, 6.45) is 5.34. The highest BCUT2D eigenvalue weighted by Gasteiger charge is 2.44. The van der Waals surface area contributed by atoms with Crippen molar-refractivity contribution in [3.05, 3.63) is 35.4 Å². The number of amides is 1. The van der Waals surface area contributed by atoms with Gasteiger partial charge < -0.3 is 14.8 Å². The van der Waals surface area contributed by atoms with Crippen molar-refractivity contribution < 1.29 is 14.3 Å². The van der Waals surface area contributed by atoms with E-state index in [1.807, 2.05) is 0 Å². The van der Waals surface area contributed by atoms with E-state index in [0.29, 0.717) is 6.61 Å². The van der Waals surface area contributed by atoms with Crippen LogP contribution < -0.4 is 5.32 Å². The summed E-state index contributed by atoms with van der Waals surface area (Å²) < 4.78 is 11.0. The summed E-state index contributed by atoms with van der Waals surface area (Å²) in [6.45, 7) is 3.60. The van der Waals surface area contributed by atoms with Crippen LogP contribution >= 0.6 is 0 Å². The van der Waals surface area contributed by atoms with Crippen LogP contribution in [-0.4, -0.2) is 37.4 Å². The van der Waals surface area contributed by atoms with Crippen LogP contribution in [0.25, 0.3) is 0 Å². The third-order valence-electron chi connectivity index (χ3n) is 4.61. The first-order chi connectivity index (χ1) is 10.7. The summed E-state index contributed by atoms with van der Waals surface area (Å²) in [5.74, 6) is -0.0101. The van der Waals surface area contributed by atoms with Crippen LogP contribution in [0.2, 0.25) is 0 Å². The lowest BCUT2D eigenvalue weighted by Crippen LogP contribution is -2.41. The van der Waals surface area contributed by atoms with Gasteiger partial charge in [0.25, 0.3) is 0 Å². The molecule has 4 heteroatoms. The fraction of sp³-hybridized carbons (Fsp3) is 0.611. The Kier molecular flexibility index (Phi) is 4.79. The predicted octanol–water partition coefficient (Wildman–Crippen LogP) is 2.38. The zero-order valence-electron chi connectivity index (χ0n) is 13.3. The topological polar surface area (TPSA) is 47.6 Å². The third-order valence-corrected chi connectivity index (χ3v) is 4.61. The minimum Gasteiger partial charge on any atom is -0.376 e. The molecule has 120 valence electrons.